The zero-order valence-corrected chi connectivity index (χ0v) is 52.6. The summed E-state index contributed by atoms with van der Waals surface area (Å²) in [6, 6.07) is 0. The number of hydrogen-bond donors (Lipinski definition) is 0. The lowest BCUT2D eigenvalue weighted by atomic mass is 10.0. The fourth-order valence-electron chi connectivity index (χ4n) is 9.50. The van der Waals surface area contributed by atoms with Crippen LogP contribution in [-0.4, -0.2) is 37.2 Å². The number of esters is 3. The minimum atomic E-state index is -0.783. The van der Waals surface area contributed by atoms with Gasteiger partial charge in [0.25, 0.3) is 0 Å². The molecule has 0 amide bonds. The van der Waals surface area contributed by atoms with Crippen LogP contribution in [0, 0.1) is 0 Å². The van der Waals surface area contributed by atoms with Crippen LogP contribution in [0.4, 0.5) is 0 Å². The maximum absolute atomic E-state index is 12.9. The molecule has 0 bridgehead atoms. The van der Waals surface area contributed by atoms with Gasteiger partial charge in [0, 0.05) is 19.3 Å². The minimum Gasteiger partial charge on any atom is -0.462 e. The van der Waals surface area contributed by atoms with Gasteiger partial charge in [-0.25, -0.2) is 0 Å². The van der Waals surface area contributed by atoms with E-state index in [9.17, 15) is 14.4 Å². The molecule has 0 aromatic heterocycles. The fraction of sp³-hybridized carbons (Fsp3) is 0.716. The summed E-state index contributed by atoms with van der Waals surface area (Å²) in [6.07, 6.45) is 92.9. The molecule has 0 fully saturated rings. The van der Waals surface area contributed by atoms with Gasteiger partial charge in [0.15, 0.2) is 6.10 Å². The monoisotopic (exact) mass is 1110 g/mol. The van der Waals surface area contributed by atoms with Crippen LogP contribution in [0.5, 0.6) is 0 Å². The van der Waals surface area contributed by atoms with Crippen molar-refractivity contribution in [2.75, 3.05) is 13.2 Å². The molecular formula is C74H126O6. The normalized spacial score (nSPS) is 12.8. The number of rotatable bonds is 61. The van der Waals surface area contributed by atoms with Crippen molar-refractivity contribution in [3.8, 4) is 0 Å². The van der Waals surface area contributed by atoms with Crippen LogP contribution in [-0.2, 0) is 28.6 Å². The first kappa shape index (κ1) is 76.1. The number of ether oxygens (including phenoxy) is 3. The van der Waals surface area contributed by atoms with Crippen molar-refractivity contribution in [3.05, 3.63) is 109 Å². The van der Waals surface area contributed by atoms with E-state index in [1.807, 2.05) is 0 Å². The van der Waals surface area contributed by atoms with E-state index in [1.165, 1.54) is 148 Å². The van der Waals surface area contributed by atoms with Gasteiger partial charge in [0.2, 0.25) is 0 Å². The highest BCUT2D eigenvalue weighted by Gasteiger charge is 2.19. The van der Waals surface area contributed by atoms with Crippen LogP contribution < -0.4 is 0 Å². The SMILES string of the molecule is CC/C=C\C/C=C\C/C=C\C/C=C\C/C=C\C/C=C\C/C=C\C/C=C\C/C=C\CCCCCCCC(=O)OCC(COC(=O)CCCCCCCC)OC(=O)CCCCCCCCCCCCCCCCCCCCCCCCC. The quantitative estimate of drug-likeness (QED) is 0.0261. The van der Waals surface area contributed by atoms with Crippen molar-refractivity contribution >= 4 is 17.9 Å². The van der Waals surface area contributed by atoms with E-state index in [0.717, 1.165) is 135 Å². The number of unbranched alkanes of at least 4 members (excludes halogenated alkanes) is 32. The molecule has 80 heavy (non-hydrogen) atoms. The maximum atomic E-state index is 12.9. The van der Waals surface area contributed by atoms with Gasteiger partial charge >= 0.3 is 17.9 Å². The summed E-state index contributed by atoms with van der Waals surface area (Å²) in [6.45, 7) is 6.48. The zero-order chi connectivity index (χ0) is 57.8. The van der Waals surface area contributed by atoms with E-state index in [4.69, 9.17) is 14.2 Å². The van der Waals surface area contributed by atoms with Crippen molar-refractivity contribution in [1.82, 2.24) is 0 Å². The third-order valence-electron chi connectivity index (χ3n) is 14.5. The van der Waals surface area contributed by atoms with Crippen molar-refractivity contribution in [1.29, 1.82) is 0 Å². The molecule has 0 rings (SSSR count). The van der Waals surface area contributed by atoms with Crippen LogP contribution in [0.3, 0.4) is 0 Å². The maximum Gasteiger partial charge on any atom is 0.306 e. The van der Waals surface area contributed by atoms with Gasteiger partial charge in [-0.05, 0) is 89.9 Å². The lowest BCUT2D eigenvalue weighted by Crippen LogP contribution is -2.30. The molecule has 6 nitrogen and oxygen atoms in total. The zero-order valence-electron chi connectivity index (χ0n) is 52.6. The van der Waals surface area contributed by atoms with Gasteiger partial charge in [0.1, 0.15) is 13.2 Å². The summed E-state index contributed by atoms with van der Waals surface area (Å²) in [7, 11) is 0. The number of carbonyl (C=O) groups is 3. The molecule has 1 unspecified atom stereocenters. The first-order chi connectivity index (χ1) is 39.5. The van der Waals surface area contributed by atoms with Gasteiger partial charge in [0.05, 0.1) is 0 Å². The molecule has 0 aliphatic rings. The van der Waals surface area contributed by atoms with Crippen LogP contribution >= 0.6 is 0 Å². The fourth-order valence-corrected chi connectivity index (χ4v) is 9.50. The third-order valence-corrected chi connectivity index (χ3v) is 14.5. The van der Waals surface area contributed by atoms with Crippen LogP contribution in [0.2, 0.25) is 0 Å². The summed E-state index contributed by atoms with van der Waals surface area (Å²) < 4.78 is 16.8. The average molecular weight is 1110 g/mol. The first-order valence-electron chi connectivity index (χ1n) is 33.9. The van der Waals surface area contributed by atoms with E-state index in [1.54, 1.807) is 0 Å². The number of allylic oxidation sites excluding steroid dienone is 18. The Morgan fingerprint density at radius 2 is 0.487 bits per heavy atom. The second-order valence-electron chi connectivity index (χ2n) is 22.4. The molecule has 0 spiro atoms. The lowest BCUT2D eigenvalue weighted by molar-refractivity contribution is -0.167. The minimum absolute atomic E-state index is 0.0819. The standard InChI is InChI=1S/C74H126O6/c1-4-7-10-13-16-18-20-22-24-26-28-30-32-33-34-35-36-37-38-39-40-41-43-44-46-48-50-52-54-56-58-61-64-67-73(76)79-70-71(69-78-72(75)66-63-60-15-12-9-6-3)80-74(77)68-65-62-59-57-55-53-51-49-47-45-42-31-29-27-25-23-21-19-17-14-11-8-5-2/h7,10,16,18,22,24,28,30,33-34,36-37,39-40,43-44,48,50,71H,4-6,8-9,11-15,17,19-21,23,25-27,29,31-32,35,38,41-42,45-47,49,51-70H2,1-3H3/b10-7-,18-16-,24-22-,30-28-,34-33-,37-36-,40-39-,44-43-,50-48-. The second kappa shape index (κ2) is 67.6. The summed E-state index contributed by atoms with van der Waals surface area (Å²) >= 11 is 0. The molecule has 0 heterocycles. The highest BCUT2D eigenvalue weighted by Crippen LogP contribution is 2.17. The molecule has 0 aromatic carbocycles. The Balaban J connectivity index is 4.12. The second-order valence-corrected chi connectivity index (χ2v) is 22.4. The largest absolute Gasteiger partial charge is 0.462 e. The van der Waals surface area contributed by atoms with Crippen molar-refractivity contribution in [2.24, 2.45) is 0 Å². The molecule has 0 aliphatic carbocycles. The Morgan fingerprint density at radius 1 is 0.263 bits per heavy atom. The third kappa shape index (κ3) is 64.9. The van der Waals surface area contributed by atoms with Crippen LogP contribution in [0.1, 0.15) is 323 Å². The Hall–Kier alpha value is -3.93. The Bertz CT molecular complexity index is 1610. The highest BCUT2D eigenvalue weighted by atomic mass is 16.6. The Kier molecular flexibility index (Phi) is 64.3. The van der Waals surface area contributed by atoms with Gasteiger partial charge in [-0.1, -0.05) is 323 Å². The molecule has 0 saturated carbocycles. The smallest absolute Gasteiger partial charge is 0.306 e. The van der Waals surface area contributed by atoms with E-state index in [2.05, 4.69) is 130 Å². The summed E-state index contributed by atoms with van der Waals surface area (Å²) in [5.74, 6) is -0.901. The molecule has 458 valence electrons. The van der Waals surface area contributed by atoms with E-state index >= 15 is 0 Å². The van der Waals surface area contributed by atoms with Crippen molar-refractivity contribution < 1.29 is 28.6 Å². The molecule has 0 aliphatic heterocycles. The average Bonchev–Trinajstić information content (AvgIpc) is 3.46. The topological polar surface area (TPSA) is 78.9 Å². The molecule has 0 N–H and O–H groups in total. The van der Waals surface area contributed by atoms with E-state index in [-0.39, 0.29) is 31.1 Å². The highest BCUT2D eigenvalue weighted by molar-refractivity contribution is 5.71. The Morgan fingerprint density at radius 3 is 0.762 bits per heavy atom. The molecule has 0 aromatic rings. The van der Waals surface area contributed by atoms with Gasteiger partial charge in [-0.3, -0.25) is 14.4 Å². The Labute approximate surface area is 495 Å². The predicted octanol–water partition coefficient (Wildman–Crippen LogP) is 23.4. The van der Waals surface area contributed by atoms with E-state index < -0.39 is 6.10 Å². The summed E-state index contributed by atoms with van der Waals surface area (Å²) in [5, 5.41) is 0. The van der Waals surface area contributed by atoms with E-state index in [0.29, 0.717) is 19.3 Å². The van der Waals surface area contributed by atoms with Crippen molar-refractivity contribution in [2.45, 2.75) is 329 Å². The molecule has 1 atom stereocenters. The lowest BCUT2D eigenvalue weighted by Gasteiger charge is -2.18. The van der Waals surface area contributed by atoms with Gasteiger partial charge < -0.3 is 14.2 Å². The first-order valence-corrected chi connectivity index (χ1v) is 33.9. The van der Waals surface area contributed by atoms with Crippen LogP contribution in [0.15, 0.2) is 109 Å². The number of carbonyl (C=O) groups excluding carboxylic acids is 3. The molecule has 0 saturated heterocycles. The van der Waals surface area contributed by atoms with Gasteiger partial charge in [-0.2, -0.15) is 0 Å². The molecule has 0 radical (unpaired) electrons. The number of hydrogen-bond acceptors (Lipinski definition) is 6. The molecular weight excluding hydrogens is 985 g/mol. The summed E-state index contributed by atoms with van der Waals surface area (Å²) in [4.78, 5) is 38.1. The summed E-state index contributed by atoms with van der Waals surface area (Å²) in [5.41, 5.74) is 0. The molecule has 6 heteroatoms. The predicted molar refractivity (Wildman–Crippen MR) is 348 cm³/mol. The van der Waals surface area contributed by atoms with Gasteiger partial charge in [-0.15, -0.1) is 0 Å². The van der Waals surface area contributed by atoms with Crippen molar-refractivity contribution in [3.63, 3.8) is 0 Å². The van der Waals surface area contributed by atoms with Crippen LogP contribution in [0.25, 0.3) is 0 Å².